The highest BCUT2D eigenvalue weighted by Crippen LogP contribution is 2.32. The van der Waals surface area contributed by atoms with Crippen LogP contribution in [0.25, 0.3) is 10.1 Å². The van der Waals surface area contributed by atoms with E-state index in [-0.39, 0.29) is 12.1 Å². The Hall–Kier alpha value is -3.57. The Morgan fingerprint density at radius 2 is 1.94 bits per heavy atom. The molecule has 0 aliphatic carbocycles. The van der Waals surface area contributed by atoms with Crippen LogP contribution >= 0.6 is 11.3 Å². The lowest BCUT2D eigenvalue weighted by Crippen LogP contribution is -2.42. The predicted molar refractivity (Wildman–Crippen MR) is 139 cm³/mol. The van der Waals surface area contributed by atoms with Gasteiger partial charge in [0.2, 0.25) is 0 Å². The molecule has 188 valence electrons. The molecule has 36 heavy (non-hydrogen) atoms. The Labute approximate surface area is 214 Å². The van der Waals surface area contributed by atoms with E-state index in [1.54, 1.807) is 46.6 Å². The maximum atomic E-state index is 12.5. The van der Waals surface area contributed by atoms with Crippen LogP contribution in [0.15, 0.2) is 48.5 Å². The van der Waals surface area contributed by atoms with Crippen LogP contribution in [0.5, 0.6) is 5.75 Å². The molecule has 1 saturated heterocycles. The average molecular weight is 507 g/mol. The number of carbonyl (C=O) groups is 2. The molecular formula is C28H30N2O5S. The molecule has 0 radical (unpaired) electrons. The molecule has 0 spiro atoms. The summed E-state index contributed by atoms with van der Waals surface area (Å²) in [5.74, 6) is -0.956. The molecule has 8 heteroatoms. The Morgan fingerprint density at radius 1 is 1.19 bits per heavy atom. The van der Waals surface area contributed by atoms with Crippen molar-refractivity contribution >= 4 is 33.5 Å². The summed E-state index contributed by atoms with van der Waals surface area (Å²) in [6.07, 6.45) is 1.80. The third-order valence-electron chi connectivity index (χ3n) is 6.13. The fourth-order valence-electron chi connectivity index (χ4n) is 4.38. The third kappa shape index (κ3) is 6.16. The summed E-state index contributed by atoms with van der Waals surface area (Å²) in [6.45, 7) is 6.56. The zero-order valence-corrected chi connectivity index (χ0v) is 21.5. The van der Waals surface area contributed by atoms with Crippen molar-refractivity contribution in [1.29, 1.82) is 5.26 Å². The minimum atomic E-state index is -0.891. The fraction of sp³-hybridized carbons (Fsp3) is 0.393. The Kier molecular flexibility index (Phi) is 7.51. The van der Waals surface area contributed by atoms with Crippen molar-refractivity contribution in [3.63, 3.8) is 0 Å². The van der Waals surface area contributed by atoms with Crippen molar-refractivity contribution in [3.05, 3.63) is 64.5 Å². The number of carbonyl (C=O) groups excluding carboxylic acids is 1. The third-order valence-corrected chi connectivity index (χ3v) is 7.27. The number of nitrogens with zero attached hydrogens (tertiary/aromatic N) is 2. The number of fused-ring (bicyclic) bond motifs is 1. The summed E-state index contributed by atoms with van der Waals surface area (Å²) >= 11 is 1.55. The molecule has 7 nitrogen and oxygen atoms in total. The standard InChI is InChI=1S/C28H30N2O5S/c1-28(2,3)35-27(33)30-12-4-5-21(30)17-34-22-9-7-19(8-10-22)24(26(31)32)15-23-14-20-13-18(16-29)6-11-25(20)36-23/h6-11,13-14,21,24H,4-5,12,15,17H2,1-3H3,(H,31,32)/t21-,24?/m0/s1. The summed E-state index contributed by atoms with van der Waals surface area (Å²) in [6, 6.07) is 16.7. The molecule has 1 aliphatic rings. The normalized spacial score (nSPS) is 16.5. The number of amides is 1. The zero-order chi connectivity index (χ0) is 25.9. The molecular weight excluding hydrogens is 476 g/mol. The minimum Gasteiger partial charge on any atom is -0.491 e. The molecule has 1 unspecified atom stereocenters. The minimum absolute atomic E-state index is 0.0548. The van der Waals surface area contributed by atoms with E-state index >= 15 is 0 Å². The van der Waals surface area contributed by atoms with Crippen LogP contribution < -0.4 is 4.74 Å². The zero-order valence-electron chi connectivity index (χ0n) is 20.7. The van der Waals surface area contributed by atoms with Gasteiger partial charge in [-0.15, -0.1) is 11.3 Å². The molecule has 3 aromatic rings. The highest BCUT2D eigenvalue weighted by atomic mass is 32.1. The number of nitriles is 1. The van der Waals surface area contributed by atoms with Gasteiger partial charge in [-0.3, -0.25) is 4.79 Å². The highest BCUT2D eigenvalue weighted by Gasteiger charge is 2.32. The number of benzene rings is 2. The molecule has 1 aliphatic heterocycles. The van der Waals surface area contributed by atoms with Gasteiger partial charge in [0, 0.05) is 16.1 Å². The van der Waals surface area contributed by atoms with Gasteiger partial charge in [0.15, 0.2) is 0 Å². The van der Waals surface area contributed by atoms with E-state index in [9.17, 15) is 14.7 Å². The van der Waals surface area contributed by atoms with Crippen molar-refractivity contribution in [1.82, 2.24) is 4.90 Å². The smallest absolute Gasteiger partial charge is 0.410 e. The summed E-state index contributed by atoms with van der Waals surface area (Å²) in [4.78, 5) is 27.3. The molecule has 1 aromatic heterocycles. The van der Waals surface area contributed by atoms with Gasteiger partial charge in [0.25, 0.3) is 0 Å². The molecule has 1 amide bonds. The largest absolute Gasteiger partial charge is 0.491 e. The van der Waals surface area contributed by atoms with E-state index in [0.717, 1.165) is 27.8 Å². The first-order valence-electron chi connectivity index (χ1n) is 12.0. The topological polar surface area (TPSA) is 99.9 Å². The number of rotatable bonds is 7. The van der Waals surface area contributed by atoms with Crippen LogP contribution in [-0.2, 0) is 16.0 Å². The van der Waals surface area contributed by atoms with E-state index < -0.39 is 17.5 Å². The van der Waals surface area contributed by atoms with Crippen LogP contribution in [0.4, 0.5) is 4.79 Å². The molecule has 2 heterocycles. The van der Waals surface area contributed by atoms with E-state index in [1.807, 2.05) is 39.0 Å². The van der Waals surface area contributed by atoms with E-state index in [4.69, 9.17) is 14.7 Å². The van der Waals surface area contributed by atoms with Crippen LogP contribution in [0.2, 0.25) is 0 Å². The Bertz CT molecular complexity index is 1290. The van der Waals surface area contributed by atoms with E-state index in [1.165, 1.54) is 0 Å². The first-order chi connectivity index (χ1) is 17.1. The molecule has 2 aromatic carbocycles. The average Bonchev–Trinajstić information content (AvgIpc) is 3.46. The van der Waals surface area contributed by atoms with Gasteiger partial charge in [-0.25, -0.2) is 4.79 Å². The summed E-state index contributed by atoms with van der Waals surface area (Å²) < 4.78 is 12.5. The lowest BCUT2D eigenvalue weighted by atomic mass is 9.95. The van der Waals surface area contributed by atoms with Crippen molar-refractivity contribution in [2.24, 2.45) is 0 Å². The molecule has 2 atom stereocenters. The van der Waals surface area contributed by atoms with Gasteiger partial charge in [0.1, 0.15) is 18.0 Å². The quantitative estimate of drug-likeness (QED) is 0.424. The van der Waals surface area contributed by atoms with Gasteiger partial charge in [-0.1, -0.05) is 12.1 Å². The summed E-state index contributed by atoms with van der Waals surface area (Å²) in [5, 5.41) is 20.0. The van der Waals surface area contributed by atoms with Crippen LogP contribution in [0.3, 0.4) is 0 Å². The number of aliphatic carboxylic acids is 1. The van der Waals surface area contributed by atoms with Crippen molar-refractivity contribution in [2.45, 2.75) is 57.6 Å². The summed E-state index contributed by atoms with van der Waals surface area (Å²) in [5.41, 5.74) is 0.738. The van der Waals surface area contributed by atoms with Gasteiger partial charge in [-0.05, 0) is 87.4 Å². The lowest BCUT2D eigenvalue weighted by Gasteiger charge is -2.28. The number of carboxylic acid groups (broad SMARTS) is 1. The molecule has 1 N–H and O–H groups in total. The maximum Gasteiger partial charge on any atom is 0.410 e. The lowest BCUT2D eigenvalue weighted by molar-refractivity contribution is -0.138. The SMILES string of the molecule is CC(C)(C)OC(=O)N1CCC[C@H]1COc1ccc(C(Cc2cc3cc(C#N)ccc3s2)C(=O)O)cc1. The first-order valence-corrected chi connectivity index (χ1v) is 12.8. The number of ether oxygens (including phenoxy) is 2. The van der Waals surface area contributed by atoms with E-state index in [2.05, 4.69) is 6.07 Å². The fourth-order valence-corrected chi connectivity index (χ4v) is 5.47. The van der Waals surface area contributed by atoms with Gasteiger partial charge < -0.3 is 19.5 Å². The summed E-state index contributed by atoms with van der Waals surface area (Å²) in [7, 11) is 0. The van der Waals surface area contributed by atoms with Crippen LogP contribution in [0.1, 0.15) is 55.5 Å². The van der Waals surface area contributed by atoms with Crippen LogP contribution in [-0.4, -0.2) is 46.9 Å². The number of hydrogen-bond acceptors (Lipinski definition) is 6. The monoisotopic (exact) mass is 506 g/mol. The molecule has 4 rings (SSSR count). The Balaban J connectivity index is 1.40. The van der Waals surface area contributed by atoms with E-state index in [0.29, 0.717) is 36.4 Å². The van der Waals surface area contributed by atoms with Crippen molar-refractivity contribution in [3.8, 4) is 11.8 Å². The highest BCUT2D eigenvalue weighted by molar-refractivity contribution is 7.19. The first kappa shape index (κ1) is 25.5. The Morgan fingerprint density at radius 3 is 2.61 bits per heavy atom. The van der Waals surface area contributed by atoms with Gasteiger partial charge in [-0.2, -0.15) is 5.26 Å². The molecule has 0 bridgehead atoms. The maximum absolute atomic E-state index is 12.5. The van der Waals surface area contributed by atoms with Crippen molar-refractivity contribution < 1.29 is 24.2 Å². The second-order valence-electron chi connectivity index (χ2n) is 10.0. The second-order valence-corrected chi connectivity index (χ2v) is 11.2. The molecule has 0 saturated carbocycles. The number of carboxylic acids is 1. The number of hydrogen-bond donors (Lipinski definition) is 1. The molecule has 1 fully saturated rings. The van der Waals surface area contributed by atoms with Crippen LogP contribution in [0, 0.1) is 11.3 Å². The van der Waals surface area contributed by atoms with Gasteiger partial charge in [0.05, 0.1) is 23.6 Å². The van der Waals surface area contributed by atoms with Crippen molar-refractivity contribution in [2.75, 3.05) is 13.2 Å². The van der Waals surface area contributed by atoms with Gasteiger partial charge >= 0.3 is 12.1 Å². The number of likely N-dealkylation sites (tertiary alicyclic amines) is 1. The predicted octanol–water partition coefficient (Wildman–Crippen LogP) is 5.96. The second kappa shape index (κ2) is 10.6. The number of thiophene rings is 1.